The summed E-state index contributed by atoms with van der Waals surface area (Å²) in [5.41, 5.74) is 1.24. The first-order valence-electron chi connectivity index (χ1n) is 5.33. The Morgan fingerprint density at radius 2 is 1.94 bits per heavy atom. The molecule has 0 aliphatic carbocycles. The third kappa shape index (κ3) is 5.19. The number of amides is 1. The summed E-state index contributed by atoms with van der Waals surface area (Å²) < 4.78 is 0. The molecule has 0 fully saturated rings. The van der Waals surface area contributed by atoms with Gasteiger partial charge in [-0.05, 0) is 26.1 Å². The van der Waals surface area contributed by atoms with Crippen LogP contribution in [0.3, 0.4) is 0 Å². The van der Waals surface area contributed by atoms with Crippen LogP contribution in [0.2, 0.25) is 0 Å². The Bertz CT molecular complexity index is 324. The van der Waals surface area contributed by atoms with E-state index in [-0.39, 0.29) is 5.91 Å². The molecule has 88 valence electrons. The van der Waals surface area contributed by atoms with Crippen molar-refractivity contribution in [2.24, 2.45) is 0 Å². The number of benzene rings is 1. The van der Waals surface area contributed by atoms with Crippen LogP contribution in [-0.4, -0.2) is 31.8 Å². The molecule has 3 nitrogen and oxygen atoms in total. The smallest absolute Gasteiger partial charge is 0.230 e. The van der Waals surface area contributed by atoms with Gasteiger partial charge in [0.25, 0.3) is 0 Å². The van der Waals surface area contributed by atoms with Gasteiger partial charge in [-0.2, -0.15) is 0 Å². The highest BCUT2D eigenvalue weighted by molar-refractivity contribution is 8.00. The molecule has 0 heterocycles. The predicted molar refractivity (Wildman–Crippen MR) is 68.8 cm³/mol. The molecule has 0 aromatic heterocycles. The molecule has 0 bridgehead atoms. The molecule has 0 saturated carbocycles. The quantitative estimate of drug-likeness (QED) is 0.582. The Morgan fingerprint density at radius 1 is 1.25 bits per heavy atom. The van der Waals surface area contributed by atoms with Crippen molar-refractivity contribution in [2.45, 2.75) is 11.8 Å². The molecule has 0 radical (unpaired) electrons. The number of hydrogen-bond acceptors (Lipinski definition) is 3. The van der Waals surface area contributed by atoms with E-state index in [2.05, 4.69) is 29.7 Å². The fourth-order valence-electron chi connectivity index (χ4n) is 1.16. The molecule has 0 spiro atoms. The summed E-state index contributed by atoms with van der Waals surface area (Å²) in [4.78, 5) is 12.5. The Hall–Kier alpha value is -1.00. The monoisotopic (exact) mass is 238 g/mol. The second kappa shape index (κ2) is 7.30. The van der Waals surface area contributed by atoms with Crippen LogP contribution in [0.1, 0.15) is 5.56 Å². The molecule has 2 N–H and O–H groups in total. The van der Waals surface area contributed by atoms with E-state index in [9.17, 15) is 4.79 Å². The van der Waals surface area contributed by atoms with Crippen LogP contribution in [0.25, 0.3) is 0 Å². The van der Waals surface area contributed by atoms with Crippen LogP contribution in [0.15, 0.2) is 29.2 Å². The van der Waals surface area contributed by atoms with E-state index in [0.717, 1.165) is 11.4 Å². The molecule has 0 aliphatic rings. The number of carbonyl (C=O) groups is 1. The third-order valence-electron chi connectivity index (χ3n) is 2.09. The molecule has 16 heavy (non-hydrogen) atoms. The van der Waals surface area contributed by atoms with Crippen molar-refractivity contribution in [1.29, 1.82) is 0 Å². The van der Waals surface area contributed by atoms with Crippen molar-refractivity contribution in [3.63, 3.8) is 0 Å². The first-order chi connectivity index (χ1) is 7.72. The van der Waals surface area contributed by atoms with E-state index in [1.807, 2.05) is 19.2 Å². The van der Waals surface area contributed by atoms with Gasteiger partial charge >= 0.3 is 0 Å². The average molecular weight is 238 g/mol. The minimum Gasteiger partial charge on any atom is -0.354 e. The number of thioether (sulfide) groups is 1. The topological polar surface area (TPSA) is 41.1 Å². The first kappa shape index (κ1) is 13.1. The Morgan fingerprint density at radius 3 is 2.56 bits per heavy atom. The molecule has 0 unspecified atom stereocenters. The van der Waals surface area contributed by atoms with Gasteiger partial charge in [0.15, 0.2) is 0 Å². The number of likely N-dealkylation sites (N-methyl/N-ethyl adjacent to an activating group) is 1. The lowest BCUT2D eigenvalue weighted by molar-refractivity contribution is -0.118. The lowest BCUT2D eigenvalue weighted by Crippen LogP contribution is -2.31. The molecule has 0 aliphatic heterocycles. The molecule has 1 aromatic rings. The van der Waals surface area contributed by atoms with E-state index >= 15 is 0 Å². The summed E-state index contributed by atoms with van der Waals surface area (Å²) in [6.45, 7) is 3.55. The van der Waals surface area contributed by atoms with Gasteiger partial charge in [0.1, 0.15) is 0 Å². The number of nitrogens with one attached hydrogen (secondary N) is 2. The minimum atomic E-state index is 0.0841. The van der Waals surface area contributed by atoms with Crippen molar-refractivity contribution < 1.29 is 4.79 Å². The summed E-state index contributed by atoms with van der Waals surface area (Å²) in [6, 6.07) is 8.20. The van der Waals surface area contributed by atoms with E-state index in [1.54, 1.807) is 11.8 Å². The van der Waals surface area contributed by atoms with Crippen molar-refractivity contribution in [3.05, 3.63) is 29.8 Å². The highest BCUT2D eigenvalue weighted by Gasteiger charge is 2.01. The number of carbonyl (C=O) groups excluding carboxylic acids is 1. The van der Waals surface area contributed by atoms with Gasteiger partial charge in [0, 0.05) is 18.0 Å². The maximum absolute atomic E-state index is 11.4. The molecule has 0 saturated heterocycles. The van der Waals surface area contributed by atoms with Crippen molar-refractivity contribution >= 4 is 17.7 Å². The van der Waals surface area contributed by atoms with Crippen LogP contribution in [-0.2, 0) is 4.79 Å². The molecule has 1 amide bonds. The Labute approximate surface area is 101 Å². The number of aryl methyl sites for hydroxylation is 1. The van der Waals surface area contributed by atoms with E-state index in [0.29, 0.717) is 12.3 Å². The predicted octanol–water partition coefficient (Wildman–Crippen LogP) is 1.42. The van der Waals surface area contributed by atoms with Gasteiger partial charge in [-0.3, -0.25) is 4.79 Å². The minimum absolute atomic E-state index is 0.0841. The number of rotatable bonds is 6. The summed E-state index contributed by atoms with van der Waals surface area (Å²) in [5.74, 6) is 0.563. The molecule has 4 heteroatoms. The Balaban J connectivity index is 2.23. The van der Waals surface area contributed by atoms with E-state index in [1.165, 1.54) is 5.56 Å². The fourth-order valence-corrected chi connectivity index (χ4v) is 1.89. The zero-order chi connectivity index (χ0) is 11.8. The summed E-state index contributed by atoms with van der Waals surface area (Å²) in [6.07, 6.45) is 0. The fraction of sp³-hybridized carbons (Fsp3) is 0.417. The number of hydrogen-bond donors (Lipinski definition) is 2. The second-order valence-corrected chi connectivity index (χ2v) is 4.60. The highest BCUT2D eigenvalue weighted by Crippen LogP contribution is 2.17. The van der Waals surface area contributed by atoms with Crippen molar-refractivity contribution in [3.8, 4) is 0 Å². The van der Waals surface area contributed by atoms with Gasteiger partial charge in [-0.25, -0.2) is 0 Å². The van der Waals surface area contributed by atoms with Crippen LogP contribution >= 0.6 is 11.8 Å². The standard InChI is InChI=1S/C12H18N2OS/c1-10-3-5-11(6-4-10)16-9-12(15)14-8-7-13-2/h3-6,13H,7-9H2,1-2H3,(H,14,15). The molecular weight excluding hydrogens is 220 g/mol. The molecule has 1 aromatic carbocycles. The zero-order valence-corrected chi connectivity index (χ0v) is 10.6. The zero-order valence-electron chi connectivity index (χ0n) is 9.75. The summed E-state index contributed by atoms with van der Waals surface area (Å²) in [7, 11) is 1.87. The van der Waals surface area contributed by atoms with Gasteiger partial charge in [0.05, 0.1) is 5.75 Å². The molecule has 0 atom stereocenters. The lowest BCUT2D eigenvalue weighted by atomic mass is 10.2. The second-order valence-electron chi connectivity index (χ2n) is 3.56. The largest absolute Gasteiger partial charge is 0.354 e. The lowest BCUT2D eigenvalue weighted by Gasteiger charge is -2.04. The average Bonchev–Trinajstić information content (AvgIpc) is 2.29. The first-order valence-corrected chi connectivity index (χ1v) is 6.31. The maximum Gasteiger partial charge on any atom is 0.230 e. The SMILES string of the molecule is CNCCNC(=O)CSc1ccc(C)cc1. The van der Waals surface area contributed by atoms with E-state index < -0.39 is 0 Å². The maximum atomic E-state index is 11.4. The van der Waals surface area contributed by atoms with Crippen LogP contribution in [0.4, 0.5) is 0 Å². The highest BCUT2D eigenvalue weighted by atomic mass is 32.2. The van der Waals surface area contributed by atoms with Gasteiger partial charge in [0.2, 0.25) is 5.91 Å². The summed E-state index contributed by atoms with van der Waals surface area (Å²) >= 11 is 1.56. The molecular formula is C12H18N2OS. The van der Waals surface area contributed by atoms with E-state index in [4.69, 9.17) is 0 Å². The van der Waals surface area contributed by atoms with Crippen molar-refractivity contribution in [2.75, 3.05) is 25.9 Å². The summed E-state index contributed by atoms with van der Waals surface area (Å²) in [5, 5.41) is 5.82. The van der Waals surface area contributed by atoms with Crippen LogP contribution < -0.4 is 10.6 Å². The van der Waals surface area contributed by atoms with Gasteiger partial charge in [-0.1, -0.05) is 17.7 Å². The van der Waals surface area contributed by atoms with Gasteiger partial charge < -0.3 is 10.6 Å². The van der Waals surface area contributed by atoms with Crippen LogP contribution in [0.5, 0.6) is 0 Å². The van der Waals surface area contributed by atoms with Crippen molar-refractivity contribution in [1.82, 2.24) is 10.6 Å². The van der Waals surface area contributed by atoms with Gasteiger partial charge in [-0.15, -0.1) is 11.8 Å². The Kier molecular flexibility index (Phi) is 5.96. The molecule has 1 rings (SSSR count). The normalized spacial score (nSPS) is 10.1. The third-order valence-corrected chi connectivity index (χ3v) is 3.10. The van der Waals surface area contributed by atoms with Crippen LogP contribution in [0, 0.1) is 6.92 Å².